The summed E-state index contributed by atoms with van der Waals surface area (Å²) >= 11 is 9.09. The number of thiazole rings is 1. The molecule has 1 saturated carbocycles. The Bertz CT molecular complexity index is 1130. The van der Waals surface area contributed by atoms with E-state index in [4.69, 9.17) is 26.6 Å². The number of benzene rings is 1. The molecule has 1 aliphatic heterocycles. The first-order valence-electron chi connectivity index (χ1n) is 12.8. The Kier molecular flexibility index (Phi) is 7.75. The lowest BCUT2D eigenvalue weighted by atomic mass is 9.75. The number of fused-ring (bicyclic) bond motifs is 1. The normalized spacial score (nSPS) is 30.7. The number of amidine groups is 2. The molecule has 1 aromatic heterocycles. The summed E-state index contributed by atoms with van der Waals surface area (Å²) in [7, 11) is 0. The van der Waals surface area contributed by atoms with Crippen LogP contribution in [0.5, 0.6) is 0 Å². The van der Waals surface area contributed by atoms with E-state index in [-0.39, 0.29) is 35.3 Å². The molecule has 1 fully saturated rings. The van der Waals surface area contributed by atoms with Gasteiger partial charge in [-0.3, -0.25) is 9.98 Å². The molecule has 1 aliphatic carbocycles. The van der Waals surface area contributed by atoms with Gasteiger partial charge in [0.1, 0.15) is 10.8 Å². The van der Waals surface area contributed by atoms with Crippen LogP contribution in [0.2, 0.25) is 0 Å². The van der Waals surface area contributed by atoms with Gasteiger partial charge in [-0.1, -0.05) is 57.8 Å². The van der Waals surface area contributed by atoms with E-state index in [2.05, 4.69) is 52.1 Å². The van der Waals surface area contributed by atoms with Gasteiger partial charge >= 0.3 is 0 Å². The predicted octanol–water partition coefficient (Wildman–Crippen LogP) is 6.91. The zero-order valence-electron chi connectivity index (χ0n) is 21.9. The molecular formula is C28H39ClN4OS. The summed E-state index contributed by atoms with van der Waals surface area (Å²) in [4.78, 5) is 15.3. The first-order chi connectivity index (χ1) is 16.6. The Morgan fingerprint density at radius 1 is 1.26 bits per heavy atom. The molecule has 0 spiro atoms. The molecular weight excluding hydrogens is 476 g/mol. The molecule has 0 bridgehead atoms. The van der Waals surface area contributed by atoms with Gasteiger partial charge in [0, 0.05) is 24.1 Å². The lowest BCUT2D eigenvalue weighted by Gasteiger charge is -2.33. The number of nitrogens with one attached hydrogen (secondary N) is 1. The van der Waals surface area contributed by atoms with Crippen molar-refractivity contribution in [3.05, 3.63) is 34.3 Å². The molecule has 4 rings (SSSR count). The standard InChI is InChI=1S/C28H39ClN4OS/c1-7-10-20-24(29)23(26-32-21-11-8-9-12-22(21)35-26)25(31-18(3)30-16-27(20,4)5)33-28(6)14-13-19(15-34)17(28)2/h8-9,11-12,17,19-20,34H,7,10,13-16H2,1-6H3,(H,30,31,33). The average Bonchev–Trinajstić information content (AvgIpc) is 3.36. The molecule has 0 saturated heterocycles. The van der Waals surface area contributed by atoms with Crippen LogP contribution in [0.15, 0.2) is 39.3 Å². The van der Waals surface area contributed by atoms with Crippen molar-refractivity contribution in [2.24, 2.45) is 33.2 Å². The minimum absolute atomic E-state index is 0.111. The van der Waals surface area contributed by atoms with E-state index in [1.54, 1.807) is 11.3 Å². The van der Waals surface area contributed by atoms with Crippen molar-refractivity contribution < 1.29 is 5.11 Å². The van der Waals surface area contributed by atoms with Crippen LogP contribution in [0, 0.1) is 23.2 Å². The number of allylic oxidation sites excluding steroid dienone is 1. The fraction of sp³-hybridized carbons (Fsp3) is 0.607. The van der Waals surface area contributed by atoms with Crippen LogP contribution in [0.25, 0.3) is 15.8 Å². The molecule has 2 aliphatic rings. The Balaban J connectivity index is 1.97. The first kappa shape index (κ1) is 26.3. The maximum absolute atomic E-state index is 9.92. The van der Waals surface area contributed by atoms with Crippen molar-refractivity contribution in [1.82, 2.24) is 10.3 Å². The van der Waals surface area contributed by atoms with Crippen LogP contribution in [0.3, 0.4) is 0 Å². The molecule has 1 aromatic carbocycles. The smallest absolute Gasteiger partial charge is 0.138 e. The van der Waals surface area contributed by atoms with E-state index in [0.717, 1.165) is 63.2 Å². The van der Waals surface area contributed by atoms with Crippen LogP contribution in [-0.2, 0) is 0 Å². The summed E-state index contributed by atoms with van der Waals surface area (Å²) in [5.74, 6) is 2.24. The zero-order chi connectivity index (χ0) is 25.4. The van der Waals surface area contributed by atoms with E-state index < -0.39 is 0 Å². The van der Waals surface area contributed by atoms with Gasteiger partial charge in [0.2, 0.25) is 0 Å². The molecule has 2 N–H and O–H groups in total. The van der Waals surface area contributed by atoms with Gasteiger partial charge in [0.05, 0.1) is 27.2 Å². The van der Waals surface area contributed by atoms with Crippen LogP contribution >= 0.6 is 22.9 Å². The maximum atomic E-state index is 9.92. The molecule has 5 nitrogen and oxygen atoms in total. The van der Waals surface area contributed by atoms with E-state index in [0.29, 0.717) is 6.54 Å². The predicted molar refractivity (Wildman–Crippen MR) is 150 cm³/mol. The monoisotopic (exact) mass is 514 g/mol. The van der Waals surface area contributed by atoms with E-state index in [1.807, 2.05) is 19.1 Å². The highest BCUT2D eigenvalue weighted by Crippen LogP contribution is 2.46. The topological polar surface area (TPSA) is 69.9 Å². The summed E-state index contributed by atoms with van der Waals surface area (Å²) in [6.45, 7) is 14.0. The highest BCUT2D eigenvalue weighted by atomic mass is 35.5. The van der Waals surface area contributed by atoms with Gasteiger partial charge in [-0.15, -0.1) is 11.3 Å². The lowest BCUT2D eigenvalue weighted by molar-refractivity contribution is 0.183. The second-order valence-electron chi connectivity index (χ2n) is 11.2. The Labute approximate surface area is 218 Å². The van der Waals surface area contributed by atoms with Gasteiger partial charge in [0.25, 0.3) is 0 Å². The van der Waals surface area contributed by atoms with Crippen molar-refractivity contribution in [3.63, 3.8) is 0 Å². The molecule has 7 heteroatoms. The van der Waals surface area contributed by atoms with Crippen LogP contribution < -0.4 is 5.32 Å². The SMILES string of the molecule is CCCC1C(Cl)=C(c2nc3ccccc3s2)C(=NC2(C)CCC(CO)C2C)NC(C)=NCC1(C)C. The second-order valence-corrected chi connectivity index (χ2v) is 12.6. The fourth-order valence-corrected chi connectivity index (χ4v) is 7.20. The molecule has 2 heterocycles. The third-order valence-corrected chi connectivity index (χ3v) is 9.65. The Morgan fingerprint density at radius 3 is 2.66 bits per heavy atom. The van der Waals surface area contributed by atoms with Gasteiger partial charge in [-0.05, 0) is 62.5 Å². The van der Waals surface area contributed by atoms with E-state index >= 15 is 0 Å². The van der Waals surface area contributed by atoms with Crippen LogP contribution in [0.4, 0.5) is 0 Å². The van der Waals surface area contributed by atoms with Gasteiger partial charge in [0.15, 0.2) is 0 Å². The Hall–Kier alpha value is -1.76. The number of rotatable bonds is 5. The third kappa shape index (κ3) is 5.21. The van der Waals surface area contributed by atoms with Crippen molar-refractivity contribution >= 4 is 50.4 Å². The molecule has 4 atom stereocenters. The molecule has 0 radical (unpaired) electrons. The van der Waals surface area contributed by atoms with Crippen molar-refractivity contribution in [2.45, 2.75) is 72.8 Å². The van der Waals surface area contributed by atoms with Crippen LogP contribution in [0.1, 0.15) is 72.2 Å². The molecule has 35 heavy (non-hydrogen) atoms. The number of nitrogens with zero attached hydrogens (tertiary/aromatic N) is 3. The number of para-hydroxylation sites is 1. The molecule has 4 unspecified atom stereocenters. The number of aromatic nitrogens is 1. The average molecular weight is 515 g/mol. The minimum Gasteiger partial charge on any atom is -0.396 e. The van der Waals surface area contributed by atoms with E-state index in [9.17, 15) is 5.11 Å². The van der Waals surface area contributed by atoms with Crippen molar-refractivity contribution in [1.29, 1.82) is 0 Å². The summed E-state index contributed by atoms with van der Waals surface area (Å²) in [5, 5.41) is 15.2. The largest absolute Gasteiger partial charge is 0.396 e. The van der Waals surface area contributed by atoms with Crippen LogP contribution in [-0.4, -0.2) is 40.5 Å². The second kappa shape index (κ2) is 10.3. The number of hydrogen-bond donors (Lipinski definition) is 2. The molecule has 190 valence electrons. The van der Waals surface area contributed by atoms with Gasteiger partial charge in [-0.25, -0.2) is 4.98 Å². The summed E-state index contributed by atoms with van der Waals surface area (Å²) in [6, 6.07) is 8.23. The summed E-state index contributed by atoms with van der Waals surface area (Å²) in [6.07, 6.45) is 3.90. The van der Waals surface area contributed by atoms with Gasteiger partial charge in [-0.2, -0.15) is 0 Å². The third-order valence-electron chi connectivity index (χ3n) is 8.14. The number of aliphatic imine (C=N–C) groups is 2. The zero-order valence-corrected chi connectivity index (χ0v) is 23.4. The summed E-state index contributed by atoms with van der Waals surface area (Å²) in [5.41, 5.74) is 1.46. The fourth-order valence-electron chi connectivity index (χ4n) is 5.53. The lowest BCUT2D eigenvalue weighted by Crippen LogP contribution is -2.36. The number of hydrogen-bond acceptors (Lipinski definition) is 5. The first-order valence-corrected chi connectivity index (χ1v) is 14.0. The number of halogens is 1. The quantitative estimate of drug-likeness (QED) is 0.455. The summed E-state index contributed by atoms with van der Waals surface area (Å²) < 4.78 is 1.14. The number of aliphatic hydroxyl groups excluding tert-OH is 1. The Morgan fingerprint density at radius 2 is 2.00 bits per heavy atom. The maximum Gasteiger partial charge on any atom is 0.138 e. The van der Waals surface area contributed by atoms with Gasteiger partial charge < -0.3 is 10.4 Å². The van der Waals surface area contributed by atoms with E-state index in [1.165, 1.54) is 0 Å². The molecule has 2 aromatic rings. The van der Waals surface area contributed by atoms with Crippen molar-refractivity contribution in [2.75, 3.05) is 13.2 Å². The van der Waals surface area contributed by atoms with Crippen molar-refractivity contribution in [3.8, 4) is 0 Å². The number of aliphatic hydroxyl groups is 1. The molecule has 0 amide bonds. The minimum atomic E-state index is -0.307. The highest BCUT2D eigenvalue weighted by molar-refractivity contribution is 7.19. The highest BCUT2D eigenvalue weighted by Gasteiger charge is 2.43.